The molecule has 5 nitrogen and oxygen atoms in total. The number of carbonyl (C=O) groups is 2. The van der Waals surface area contributed by atoms with E-state index in [9.17, 15) is 9.59 Å². The second-order valence-corrected chi connectivity index (χ2v) is 6.21. The molecule has 2 aromatic rings. The van der Waals surface area contributed by atoms with Crippen LogP contribution in [0.4, 0.5) is 11.4 Å². The molecule has 0 aliphatic carbocycles. The molecule has 0 saturated heterocycles. The van der Waals surface area contributed by atoms with E-state index in [1.54, 1.807) is 11.0 Å². The number of anilines is 2. The molecule has 138 valence electrons. The van der Waals surface area contributed by atoms with Crippen molar-refractivity contribution in [1.82, 2.24) is 0 Å². The predicted molar refractivity (Wildman–Crippen MR) is 105 cm³/mol. The highest BCUT2D eigenvalue weighted by atomic mass is 16.5. The summed E-state index contributed by atoms with van der Waals surface area (Å²) in [4.78, 5) is 28.3. The molecule has 0 bridgehead atoms. The number of amides is 2. The minimum atomic E-state index is -0.206. The third-order valence-corrected chi connectivity index (χ3v) is 3.88. The number of likely N-dealkylation sites (N-methyl/N-ethyl adjacent to an activating group) is 1. The third-order valence-electron chi connectivity index (χ3n) is 3.88. The van der Waals surface area contributed by atoms with E-state index in [2.05, 4.69) is 0 Å². The maximum Gasteiger partial charge on any atom is 0.247 e. The van der Waals surface area contributed by atoms with Crippen LogP contribution in [0.15, 0.2) is 54.6 Å². The van der Waals surface area contributed by atoms with Crippen LogP contribution in [0.1, 0.15) is 27.7 Å². The molecule has 0 aromatic heterocycles. The van der Waals surface area contributed by atoms with Gasteiger partial charge >= 0.3 is 0 Å². The molecule has 0 unspecified atom stereocenters. The van der Waals surface area contributed by atoms with Crippen molar-refractivity contribution in [3.05, 3.63) is 54.6 Å². The van der Waals surface area contributed by atoms with Crippen molar-refractivity contribution < 1.29 is 14.3 Å². The van der Waals surface area contributed by atoms with Gasteiger partial charge in [0.05, 0.1) is 11.8 Å². The normalized spacial score (nSPS) is 10.5. The fourth-order valence-electron chi connectivity index (χ4n) is 2.73. The Morgan fingerprint density at radius 2 is 1.58 bits per heavy atom. The molecule has 0 saturated carbocycles. The molecule has 0 atom stereocenters. The summed E-state index contributed by atoms with van der Waals surface area (Å²) in [5.41, 5.74) is 1.42. The lowest BCUT2D eigenvalue weighted by atomic mass is 10.2. The van der Waals surface area contributed by atoms with Crippen LogP contribution in [0.3, 0.4) is 0 Å². The van der Waals surface area contributed by atoms with Crippen molar-refractivity contribution in [3.63, 3.8) is 0 Å². The van der Waals surface area contributed by atoms with Crippen LogP contribution in [0.5, 0.6) is 5.75 Å². The van der Waals surface area contributed by atoms with Crippen molar-refractivity contribution in [1.29, 1.82) is 0 Å². The molecule has 0 aliphatic heterocycles. The van der Waals surface area contributed by atoms with Gasteiger partial charge in [-0.2, -0.15) is 0 Å². The summed E-state index contributed by atoms with van der Waals surface area (Å²) in [7, 11) is 0. The van der Waals surface area contributed by atoms with Gasteiger partial charge in [-0.1, -0.05) is 30.3 Å². The molecule has 0 spiro atoms. The van der Waals surface area contributed by atoms with E-state index in [0.29, 0.717) is 18.0 Å². The number of para-hydroxylation sites is 3. The number of ether oxygens (including phenoxy) is 1. The SMILES string of the molecule is CCN(C(=O)CN(C(C)=O)c1ccccc1OC(C)C)c1ccccc1. The average Bonchev–Trinajstić information content (AvgIpc) is 2.61. The number of hydrogen-bond donors (Lipinski definition) is 0. The molecule has 0 radical (unpaired) electrons. The van der Waals surface area contributed by atoms with Crippen LogP contribution >= 0.6 is 0 Å². The molecule has 2 aromatic carbocycles. The first-order chi connectivity index (χ1) is 12.4. The first-order valence-electron chi connectivity index (χ1n) is 8.83. The molecule has 26 heavy (non-hydrogen) atoms. The summed E-state index contributed by atoms with van der Waals surface area (Å²) >= 11 is 0. The second kappa shape index (κ2) is 9.04. The standard InChI is InChI=1S/C21H26N2O3/c1-5-22(18-11-7-6-8-12-18)21(25)15-23(17(4)24)19-13-9-10-14-20(19)26-16(2)3/h6-14,16H,5,15H2,1-4H3. The average molecular weight is 354 g/mol. The third kappa shape index (κ3) is 4.85. The smallest absolute Gasteiger partial charge is 0.247 e. The molecule has 2 amide bonds. The first-order valence-corrected chi connectivity index (χ1v) is 8.83. The van der Waals surface area contributed by atoms with Crippen LogP contribution in [-0.4, -0.2) is 31.0 Å². The lowest BCUT2D eigenvalue weighted by Crippen LogP contribution is -2.42. The van der Waals surface area contributed by atoms with E-state index in [-0.39, 0.29) is 24.5 Å². The Morgan fingerprint density at radius 3 is 2.15 bits per heavy atom. The van der Waals surface area contributed by atoms with Crippen molar-refractivity contribution >= 4 is 23.2 Å². The van der Waals surface area contributed by atoms with Crippen LogP contribution in [0.25, 0.3) is 0 Å². The van der Waals surface area contributed by atoms with Crippen molar-refractivity contribution in [2.45, 2.75) is 33.8 Å². The zero-order valence-electron chi connectivity index (χ0n) is 15.8. The van der Waals surface area contributed by atoms with Gasteiger partial charge in [-0.05, 0) is 45.0 Å². The van der Waals surface area contributed by atoms with E-state index in [4.69, 9.17) is 4.74 Å². The molecule has 2 rings (SSSR count). The Morgan fingerprint density at radius 1 is 0.962 bits per heavy atom. The molecule has 5 heteroatoms. The molecule has 0 fully saturated rings. The van der Waals surface area contributed by atoms with Crippen LogP contribution in [-0.2, 0) is 9.59 Å². The van der Waals surface area contributed by atoms with Gasteiger partial charge in [-0.3, -0.25) is 14.5 Å². The highest BCUT2D eigenvalue weighted by Gasteiger charge is 2.23. The Kier molecular flexibility index (Phi) is 6.78. The fraction of sp³-hybridized carbons (Fsp3) is 0.333. The van der Waals surface area contributed by atoms with E-state index in [1.165, 1.54) is 11.8 Å². The van der Waals surface area contributed by atoms with Gasteiger partial charge in [-0.25, -0.2) is 0 Å². The fourth-order valence-corrected chi connectivity index (χ4v) is 2.73. The Labute approximate surface area is 155 Å². The maximum absolute atomic E-state index is 12.9. The van der Waals surface area contributed by atoms with Gasteiger partial charge in [0.15, 0.2) is 0 Å². The number of benzene rings is 2. The summed E-state index contributed by atoms with van der Waals surface area (Å²) in [6.45, 7) is 7.70. The molecular formula is C21H26N2O3. The van der Waals surface area contributed by atoms with E-state index >= 15 is 0 Å². The zero-order chi connectivity index (χ0) is 19.1. The summed E-state index contributed by atoms with van der Waals surface area (Å²) in [5, 5.41) is 0. The minimum Gasteiger partial charge on any atom is -0.489 e. The minimum absolute atomic E-state index is 0.0304. The van der Waals surface area contributed by atoms with Crippen molar-refractivity contribution in [2.75, 3.05) is 22.9 Å². The van der Waals surface area contributed by atoms with Crippen molar-refractivity contribution in [3.8, 4) is 5.75 Å². The van der Waals surface area contributed by atoms with Gasteiger partial charge in [0.1, 0.15) is 12.3 Å². The molecule has 0 aliphatic rings. The van der Waals surface area contributed by atoms with Crippen LogP contribution in [0.2, 0.25) is 0 Å². The lowest BCUT2D eigenvalue weighted by Gasteiger charge is -2.28. The Balaban J connectivity index is 2.29. The van der Waals surface area contributed by atoms with Crippen LogP contribution < -0.4 is 14.5 Å². The number of rotatable bonds is 7. The largest absolute Gasteiger partial charge is 0.489 e. The van der Waals surface area contributed by atoms with E-state index in [0.717, 1.165) is 5.69 Å². The van der Waals surface area contributed by atoms with E-state index < -0.39 is 0 Å². The van der Waals surface area contributed by atoms with Gasteiger partial charge < -0.3 is 9.64 Å². The summed E-state index contributed by atoms with van der Waals surface area (Å²) in [5.74, 6) is 0.240. The van der Waals surface area contributed by atoms with Crippen LogP contribution in [0, 0.1) is 0 Å². The summed E-state index contributed by atoms with van der Waals surface area (Å²) in [6.07, 6.45) is -0.0304. The maximum atomic E-state index is 12.9. The highest BCUT2D eigenvalue weighted by molar-refractivity contribution is 6.03. The van der Waals surface area contributed by atoms with E-state index in [1.807, 2.05) is 69.3 Å². The Hall–Kier alpha value is -2.82. The molecule has 0 heterocycles. The zero-order valence-corrected chi connectivity index (χ0v) is 15.8. The predicted octanol–water partition coefficient (Wildman–Crippen LogP) is 3.88. The highest BCUT2D eigenvalue weighted by Crippen LogP contribution is 2.29. The van der Waals surface area contributed by atoms with Gasteiger partial charge in [0, 0.05) is 19.2 Å². The number of hydrogen-bond acceptors (Lipinski definition) is 3. The quantitative estimate of drug-likeness (QED) is 0.758. The monoisotopic (exact) mass is 354 g/mol. The Bertz CT molecular complexity index is 744. The summed E-state index contributed by atoms with van der Waals surface area (Å²) in [6, 6.07) is 16.7. The number of carbonyl (C=O) groups excluding carboxylic acids is 2. The van der Waals surface area contributed by atoms with Gasteiger partial charge in [0.2, 0.25) is 11.8 Å². The molecule has 0 N–H and O–H groups in total. The second-order valence-electron chi connectivity index (χ2n) is 6.21. The van der Waals surface area contributed by atoms with Crippen molar-refractivity contribution in [2.24, 2.45) is 0 Å². The summed E-state index contributed by atoms with van der Waals surface area (Å²) < 4.78 is 5.81. The lowest BCUT2D eigenvalue weighted by molar-refractivity contribution is -0.121. The first kappa shape index (κ1) is 19.5. The molecular weight excluding hydrogens is 328 g/mol. The number of nitrogens with zero attached hydrogens (tertiary/aromatic N) is 2. The topological polar surface area (TPSA) is 49.9 Å². The van der Waals surface area contributed by atoms with Gasteiger partial charge in [0.25, 0.3) is 0 Å². The van der Waals surface area contributed by atoms with Gasteiger partial charge in [-0.15, -0.1) is 0 Å².